The first kappa shape index (κ1) is 15.9. The van der Waals surface area contributed by atoms with Gasteiger partial charge in [0.1, 0.15) is 0 Å². The van der Waals surface area contributed by atoms with Gasteiger partial charge in [0.25, 0.3) is 0 Å². The number of aliphatic hydroxyl groups excluding tert-OH is 1. The second-order valence-electron chi connectivity index (χ2n) is 4.25. The van der Waals surface area contributed by atoms with Crippen molar-refractivity contribution in [3.8, 4) is 0 Å². The molecule has 0 bridgehead atoms. The molecule has 0 spiro atoms. The second-order valence-corrected chi connectivity index (χ2v) is 4.25. The third kappa shape index (κ3) is 7.71. The highest BCUT2D eigenvalue weighted by Gasteiger charge is 2.13. The minimum Gasteiger partial charge on any atom is -0.393 e. The van der Waals surface area contributed by atoms with E-state index in [9.17, 15) is 4.79 Å². The number of rotatable bonds is 9. The van der Waals surface area contributed by atoms with Gasteiger partial charge < -0.3 is 10.0 Å². The summed E-state index contributed by atoms with van der Waals surface area (Å²) in [5, 5.41) is 9.16. The second kappa shape index (κ2) is 8.96. The summed E-state index contributed by atoms with van der Waals surface area (Å²) in [5.41, 5.74) is 0. The molecule has 1 unspecified atom stereocenters. The van der Waals surface area contributed by atoms with Crippen LogP contribution in [0.5, 0.6) is 0 Å². The molecular weight excluding hydrogens is 216 g/mol. The van der Waals surface area contributed by atoms with Crippen LogP contribution in [0.3, 0.4) is 0 Å². The number of hydrogen-bond donors (Lipinski definition) is 1. The van der Waals surface area contributed by atoms with Gasteiger partial charge in [-0.05, 0) is 20.4 Å². The standard InChI is InChI=1S/C13H24N2O2/c1-5-8-15(9-6-2)13(17)11-14(4)10-7-12(3)16/h5-6,12,16H,1-2,7-11H2,3-4H3. The molecule has 0 aliphatic carbocycles. The molecule has 0 radical (unpaired) electrons. The summed E-state index contributed by atoms with van der Waals surface area (Å²) in [6.45, 7) is 11.1. The molecule has 17 heavy (non-hydrogen) atoms. The number of carbonyl (C=O) groups excluding carboxylic acids is 1. The van der Waals surface area contributed by atoms with Crippen molar-refractivity contribution in [3.05, 3.63) is 25.3 Å². The average Bonchev–Trinajstić information content (AvgIpc) is 2.26. The molecule has 0 aromatic heterocycles. The van der Waals surface area contributed by atoms with Crippen LogP contribution in [-0.4, -0.2) is 60.1 Å². The van der Waals surface area contributed by atoms with Crippen molar-refractivity contribution in [2.75, 3.05) is 33.2 Å². The van der Waals surface area contributed by atoms with E-state index in [-0.39, 0.29) is 12.0 Å². The predicted octanol–water partition coefficient (Wildman–Crippen LogP) is 0.890. The van der Waals surface area contributed by atoms with Crippen LogP contribution >= 0.6 is 0 Å². The Hall–Kier alpha value is -1.13. The van der Waals surface area contributed by atoms with E-state index in [1.54, 1.807) is 24.0 Å². The molecule has 0 saturated heterocycles. The maximum atomic E-state index is 11.9. The Kier molecular flexibility index (Phi) is 8.36. The van der Waals surface area contributed by atoms with Crippen LogP contribution in [0, 0.1) is 0 Å². The lowest BCUT2D eigenvalue weighted by atomic mass is 10.3. The minimum atomic E-state index is -0.329. The first-order valence-corrected chi connectivity index (χ1v) is 5.87. The zero-order chi connectivity index (χ0) is 13.3. The SMILES string of the molecule is C=CCN(CC=C)C(=O)CN(C)CCC(C)O. The monoisotopic (exact) mass is 240 g/mol. The van der Waals surface area contributed by atoms with E-state index in [4.69, 9.17) is 5.11 Å². The van der Waals surface area contributed by atoms with Crippen molar-refractivity contribution in [1.82, 2.24) is 9.80 Å². The third-order valence-corrected chi connectivity index (χ3v) is 2.39. The number of likely N-dealkylation sites (N-methyl/N-ethyl adjacent to an activating group) is 1. The Morgan fingerprint density at radius 1 is 1.35 bits per heavy atom. The topological polar surface area (TPSA) is 43.8 Å². The molecule has 1 amide bonds. The lowest BCUT2D eigenvalue weighted by molar-refractivity contribution is -0.131. The van der Waals surface area contributed by atoms with Crippen LogP contribution < -0.4 is 0 Å². The lowest BCUT2D eigenvalue weighted by Crippen LogP contribution is -2.39. The molecule has 0 fully saturated rings. The highest BCUT2D eigenvalue weighted by Crippen LogP contribution is 1.97. The van der Waals surface area contributed by atoms with Gasteiger partial charge in [0, 0.05) is 19.6 Å². The first-order valence-electron chi connectivity index (χ1n) is 5.87. The zero-order valence-electron chi connectivity index (χ0n) is 10.9. The van der Waals surface area contributed by atoms with Gasteiger partial charge in [-0.3, -0.25) is 9.69 Å². The quantitative estimate of drug-likeness (QED) is 0.609. The van der Waals surface area contributed by atoms with Gasteiger partial charge >= 0.3 is 0 Å². The Morgan fingerprint density at radius 2 is 1.88 bits per heavy atom. The minimum absolute atomic E-state index is 0.0536. The Morgan fingerprint density at radius 3 is 2.29 bits per heavy atom. The fourth-order valence-corrected chi connectivity index (χ4v) is 1.41. The van der Waals surface area contributed by atoms with Crippen molar-refractivity contribution in [2.45, 2.75) is 19.4 Å². The molecule has 4 heteroatoms. The lowest BCUT2D eigenvalue weighted by Gasteiger charge is -2.23. The van der Waals surface area contributed by atoms with Crippen molar-refractivity contribution < 1.29 is 9.90 Å². The van der Waals surface area contributed by atoms with Crippen LogP contribution in [0.2, 0.25) is 0 Å². The Balaban J connectivity index is 4.09. The molecule has 0 rings (SSSR count). The Bertz CT molecular complexity index is 242. The van der Waals surface area contributed by atoms with Gasteiger partial charge in [-0.25, -0.2) is 0 Å². The number of carbonyl (C=O) groups is 1. The van der Waals surface area contributed by atoms with Crippen molar-refractivity contribution in [1.29, 1.82) is 0 Å². The molecule has 1 atom stereocenters. The number of nitrogens with zero attached hydrogens (tertiary/aromatic N) is 2. The fourth-order valence-electron chi connectivity index (χ4n) is 1.41. The summed E-state index contributed by atoms with van der Waals surface area (Å²) < 4.78 is 0. The summed E-state index contributed by atoms with van der Waals surface area (Å²) >= 11 is 0. The van der Waals surface area contributed by atoms with Gasteiger partial charge in [-0.15, -0.1) is 13.2 Å². The summed E-state index contributed by atoms with van der Waals surface area (Å²) in [6, 6.07) is 0. The van der Waals surface area contributed by atoms with E-state index in [0.717, 1.165) is 0 Å². The average molecular weight is 240 g/mol. The highest BCUT2D eigenvalue weighted by molar-refractivity contribution is 5.78. The van der Waals surface area contributed by atoms with Gasteiger partial charge in [0.15, 0.2) is 0 Å². The molecule has 0 aromatic rings. The van der Waals surface area contributed by atoms with E-state index in [0.29, 0.717) is 32.6 Å². The van der Waals surface area contributed by atoms with Crippen LogP contribution in [0.25, 0.3) is 0 Å². The van der Waals surface area contributed by atoms with E-state index < -0.39 is 0 Å². The van der Waals surface area contributed by atoms with Crippen molar-refractivity contribution in [2.24, 2.45) is 0 Å². The normalized spacial score (nSPS) is 12.2. The summed E-state index contributed by atoms with van der Waals surface area (Å²) in [5.74, 6) is 0.0536. The maximum absolute atomic E-state index is 11.9. The molecule has 0 aliphatic heterocycles. The molecule has 1 N–H and O–H groups in total. The molecule has 0 aromatic carbocycles. The van der Waals surface area contributed by atoms with Gasteiger partial charge in [-0.1, -0.05) is 12.2 Å². The predicted molar refractivity (Wildman–Crippen MR) is 70.8 cm³/mol. The first-order chi connectivity index (χ1) is 8.01. The van der Waals surface area contributed by atoms with Gasteiger partial charge in [0.2, 0.25) is 5.91 Å². The highest BCUT2D eigenvalue weighted by atomic mass is 16.3. The third-order valence-electron chi connectivity index (χ3n) is 2.39. The van der Waals surface area contributed by atoms with E-state index in [1.165, 1.54) is 0 Å². The van der Waals surface area contributed by atoms with Crippen LogP contribution in [0.4, 0.5) is 0 Å². The van der Waals surface area contributed by atoms with Crippen LogP contribution in [-0.2, 0) is 4.79 Å². The number of aliphatic hydroxyl groups is 1. The molecule has 98 valence electrons. The van der Waals surface area contributed by atoms with E-state index in [2.05, 4.69) is 13.2 Å². The van der Waals surface area contributed by atoms with Crippen molar-refractivity contribution in [3.63, 3.8) is 0 Å². The smallest absolute Gasteiger partial charge is 0.237 e. The molecule has 4 nitrogen and oxygen atoms in total. The Labute approximate surface area is 104 Å². The van der Waals surface area contributed by atoms with Gasteiger partial charge in [0.05, 0.1) is 12.6 Å². The maximum Gasteiger partial charge on any atom is 0.237 e. The number of amides is 1. The van der Waals surface area contributed by atoms with Gasteiger partial charge in [-0.2, -0.15) is 0 Å². The molecule has 0 saturated carbocycles. The molecule has 0 aliphatic rings. The summed E-state index contributed by atoms with van der Waals surface area (Å²) in [4.78, 5) is 15.5. The summed E-state index contributed by atoms with van der Waals surface area (Å²) in [7, 11) is 1.88. The summed E-state index contributed by atoms with van der Waals surface area (Å²) in [6.07, 6.45) is 3.76. The molecular formula is C13H24N2O2. The zero-order valence-corrected chi connectivity index (χ0v) is 10.9. The van der Waals surface area contributed by atoms with Crippen LogP contribution in [0.1, 0.15) is 13.3 Å². The largest absolute Gasteiger partial charge is 0.393 e. The number of hydrogen-bond acceptors (Lipinski definition) is 3. The van der Waals surface area contributed by atoms with Crippen molar-refractivity contribution >= 4 is 5.91 Å². The van der Waals surface area contributed by atoms with Crippen LogP contribution in [0.15, 0.2) is 25.3 Å². The molecule has 0 heterocycles. The van der Waals surface area contributed by atoms with E-state index in [1.807, 2.05) is 11.9 Å². The fraction of sp³-hybridized carbons (Fsp3) is 0.615. The van der Waals surface area contributed by atoms with E-state index >= 15 is 0 Å².